The van der Waals surface area contributed by atoms with Crippen molar-refractivity contribution in [3.63, 3.8) is 0 Å². The monoisotopic (exact) mass is 1990 g/mol. The quantitative estimate of drug-likeness (QED) is 0.0199. The number of nitrogen functional groups attached to an aromatic ring is 4. The maximum atomic E-state index is 14.8. The average molecular weight is 1990 g/mol. The van der Waals surface area contributed by atoms with E-state index in [2.05, 4.69) is 72.1 Å². The lowest BCUT2D eigenvalue weighted by Crippen LogP contribution is -2.33. The van der Waals surface area contributed by atoms with Crippen molar-refractivity contribution in [1.29, 1.82) is 0 Å². The second-order valence-corrected chi connectivity index (χ2v) is 46.3. The molecule has 0 aliphatic carbocycles. The highest BCUT2D eigenvalue weighted by atomic mass is 32.7. The van der Waals surface area contributed by atoms with Crippen LogP contribution in [0.4, 0.5) is 23.4 Å². The standard InChI is InChI=1S/C62H82N22O30P6S6/c1-6-29-30(7-41(103-29)80-14-27(3)56(85)77-61(80)89)110-116(92,122)98-17-37-32(9-43(105-37)81-15-28(4)57(86)78-62(81)90)111-117(93,123)100-18-38-33(10-44(106-38)82-23-71-47-51(64)67-21-69-53(47)82)112-119(95,125)101-19-39-34(11-45(107-39)83-24-72-48-52(65)68-22-70-54(48)83)113-120(96,126)102-20-40-35(12-46(108-40)84-25-73-49-55(84)75-59(66)76-58(49)87)114-118(94,124)99-16-36-31(109-115(91,121)97-5)8-42(104-36)79-13-26(2)50(63)74-60(79)88/h13-15,21-25,29-46H,6-12,16-20H2,1-5H3,(H,91,121)(H,92,122)(H,93,123)(H,94,124)(H,95,125)(H,96,126)(H2,63,74,88)(H2,64,67,69)(H2,65,68,70)(H,77,85,89)(H,78,86,90)(H3,66,75,76,87)/t29-,30-,31-,32-,33-,34-,35-,36-,37-,38-,39-,40-,41-,42-,43-,44-,45-,46-,115?,116?,117?,118?,119?,120?/m1/s1. The number of ether oxygens (including phenoxy) is 6. The molecule has 9 aromatic rings. The SMILES string of the molecule is CC[C@H]1O[C@@H](n2cc(C)c(=O)[nH]c2=O)C[C@H]1OP(O)(=S)OC[C@H]1O[C@@H](n2cc(C)c(=O)[nH]c2=O)C[C@H]1OP(=O)(S)OC[C@H]1O[C@@H](n2cnc3c(N)ncnc32)C[C@H]1OP(O)(=S)OC[C@H]1O[C@@H](n2cnc3c(N)ncnc32)C[C@H]1OP(O)(=S)OC[C@H]1O[C@@H](n2cnc3c(=O)[nH]c(N)nc32)C[C@H]1OP(O)(=S)OC[C@H]1O[C@@H](n2cc(C)c(N)nc2=O)C[C@H]1OP(O)(=S)OC. The Balaban J connectivity index is 0.647. The van der Waals surface area contributed by atoms with E-state index in [9.17, 15) is 57.8 Å². The fourth-order valence-corrected chi connectivity index (χ4v) is 23.2. The molecule has 6 aliphatic rings. The van der Waals surface area contributed by atoms with Crippen LogP contribution in [0.25, 0.3) is 33.5 Å². The first-order chi connectivity index (χ1) is 59.5. The molecular formula is C62H82N22O30P6S6. The summed E-state index contributed by atoms with van der Waals surface area (Å²) in [6.07, 6.45) is -12.2. The second-order valence-electron chi connectivity index (χ2n) is 29.3. The molecule has 9 aromatic heterocycles. The smallest absolute Gasteiger partial charge is 0.383 e. The van der Waals surface area contributed by atoms with E-state index < -0.39 is 218 Å². The molecule has 0 radical (unpaired) electrons. The van der Waals surface area contributed by atoms with Crippen molar-refractivity contribution in [3.05, 3.63) is 129 Å². The number of aryl methyl sites for hydroxylation is 3. The summed E-state index contributed by atoms with van der Waals surface area (Å²) in [7, 11) is 1.13. The number of hydrogen-bond acceptors (Lipinski definition) is 43. The van der Waals surface area contributed by atoms with Gasteiger partial charge in [0.05, 0.1) is 88.6 Å². The van der Waals surface area contributed by atoms with Crippen LogP contribution in [0.1, 0.15) is 106 Å². The number of H-pyrrole nitrogens is 3. The van der Waals surface area contributed by atoms with Gasteiger partial charge in [0.1, 0.15) is 103 Å². The third kappa shape index (κ3) is 21.4. The molecule has 686 valence electrons. The van der Waals surface area contributed by atoms with Crippen molar-refractivity contribution in [2.24, 2.45) is 0 Å². The topological polar surface area (TPSA) is 684 Å². The second kappa shape index (κ2) is 37.8. The minimum atomic E-state index is -4.74. The van der Waals surface area contributed by atoms with Crippen LogP contribution < -0.4 is 56.7 Å². The summed E-state index contributed by atoms with van der Waals surface area (Å²) in [5, 5.41) is 0. The fraction of sp³-hybridized carbons (Fsp3) is 0.565. The van der Waals surface area contributed by atoms with Crippen LogP contribution in [0.3, 0.4) is 0 Å². The molecule has 6 unspecified atom stereocenters. The summed E-state index contributed by atoms with van der Waals surface area (Å²) in [4.78, 5) is 180. The number of nitrogens with zero attached hydrogens (tertiary/aromatic N) is 15. The highest BCUT2D eigenvalue weighted by Crippen LogP contribution is 2.60. The highest BCUT2D eigenvalue weighted by molar-refractivity contribution is 8.44. The molecule has 6 fully saturated rings. The van der Waals surface area contributed by atoms with Gasteiger partial charge in [-0.05, 0) is 86.2 Å². The van der Waals surface area contributed by atoms with E-state index in [0.717, 1.165) is 16.2 Å². The lowest BCUT2D eigenvalue weighted by Gasteiger charge is -2.28. The molecule has 0 aromatic carbocycles. The summed E-state index contributed by atoms with van der Waals surface area (Å²) in [6, 6.07) is 0. The molecule has 6 aliphatic heterocycles. The van der Waals surface area contributed by atoms with Crippen molar-refractivity contribution in [1.82, 2.24) is 87.2 Å². The van der Waals surface area contributed by atoms with Gasteiger partial charge in [-0.25, -0.2) is 53.8 Å². The Bertz CT molecular complexity index is 6330. The number of nitrogens with two attached hydrogens (primary N) is 4. The summed E-state index contributed by atoms with van der Waals surface area (Å²) in [5.74, 6) is -0.285. The number of imidazole rings is 3. The Morgan fingerprint density at radius 1 is 0.421 bits per heavy atom. The maximum absolute atomic E-state index is 14.8. The summed E-state index contributed by atoms with van der Waals surface area (Å²) in [6.45, 7) is -23.9. The molecule has 64 heteroatoms. The van der Waals surface area contributed by atoms with Gasteiger partial charge in [-0.15, -0.1) is 0 Å². The lowest BCUT2D eigenvalue weighted by molar-refractivity contribution is -0.0553. The van der Waals surface area contributed by atoms with Gasteiger partial charge in [-0.1, -0.05) is 19.2 Å². The largest absolute Gasteiger partial charge is 0.386 e. The minimum Gasteiger partial charge on any atom is -0.383 e. The van der Waals surface area contributed by atoms with Gasteiger partial charge in [0.2, 0.25) is 5.95 Å². The summed E-state index contributed by atoms with van der Waals surface area (Å²) >= 11 is 32.1. The first kappa shape index (κ1) is 94.4. The van der Waals surface area contributed by atoms with Gasteiger partial charge in [-0.3, -0.25) is 65.8 Å². The molecule has 24 atom stereocenters. The predicted molar refractivity (Wildman–Crippen MR) is 458 cm³/mol. The molecule has 15 rings (SSSR count). The van der Waals surface area contributed by atoms with Crippen molar-refractivity contribution < 1.29 is 112 Å². The van der Waals surface area contributed by atoms with E-state index in [1.807, 2.05) is 0 Å². The number of aromatic nitrogens is 18. The molecule has 15 heterocycles. The molecular weight excluding hydrogens is 1910 g/mol. The number of aromatic amines is 3. The first-order valence-electron chi connectivity index (χ1n) is 37.8. The molecule has 126 heavy (non-hydrogen) atoms. The Labute approximate surface area is 738 Å². The molecule has 0 spiro atoms. The van der Waals surface area contributed by atoms with Crippen LogP contribution >= 0.6 is 52.6 Å². The van der Waals surface area contributed by atoms with Gasteiger partial charge in [-0.2, -0.15) is 9.97 Å². The Morgan fingerprint density at radius 2 is 0.754 bits per heavy atom. The summed E-state index contributed by atoms with van der Waals surface area (Å²) in [5.41, 5.74) is 21.1. The zero-order chi connectivity index (χ0) is 90.2. The minimum absolute atomic E-state index is 0.0100. The van der Waals surface area contributed by atoms with Gasteiger partial charge in [0.15, 0.2) is 34.1 Å². The van der Waals surface area contributed by atoms with Crippen molar-refractivity contribution in [2.45, 2.75) is 183 Å². The molecule has 16 N–H and O–H groups in total. The van der Waals surface area contributed by atoms with Crippen molar-refractivity contribution >= 4 is 169 Å². The Hall–Kier alpha value is -6.20. The van der Waals surface area contributed by atoms with Gasteiger partial charge in [0, 0.05) is 80.9 Å². The molecule has 52 nitrogen and oxygen atoms in total. The van der Waals surface area contributed by atoms with E-state index in [0.29, 0.717) is 12.0 Å². The number of thiol groups is 1. The fourth-order valence-electron chi connectivity index (χ4n) is 14.8. The van der Waals surface area contributed by atoms with Gasteiger partial charge in [0.25, 0.3) is 16.7 Å². The summed E-state index contributed by atoms with van der Waals surface area (Å²) < 4.78 is 132. The zero-order valence-corrected chi connectivity index (χ0v) is 76.5. The molecule has 0 bridgehead atoms. The van der Waals surface area contributed by atoms with E-state index in [1.165, 1.54) is 82.3 Å². The number of rotatable bonds is 35. The van der Waals surface area contributed by atoms with Crippen LogP contribution in [0.2, 0.25) is 0 Å². The van der Waals surface area contributed by atoms with E-state index in [-0.39, 0.29) is 107 Å². The van der Waals surface area contributed by atoms with E-state index in [1.54, 1.807) is 13.8 Å². The number of fused-ring (bicyclic) bond motifs is 3. The van der Waals surface area contributed by atoms with Crippen LogP contribution in [0, 0.1) is 20.8 Å². The Kier molecular flexibility index (Phi) is 28.3. The maximum Gasteiger partial charge on any atom is 0.386 e. The Morgan fingerprint density at radius 3 is 1.15 bits per heavy atom. The third-order valence-electron chi connectivity index (χ3n) is 20.9. The number of nitrogens with one attached hydrogen (secondary N) is 3. The third-order valence-corrected chi connectivity index (χ3v) is 30.6. The molecule has 6 saturated heterocycles. The number of anilines is 4. The van der Waals surface area contributed by atoms with Crippen LogP contribution in [-0.2, 0) is 146 Å². The molecule has 0 saturated carbocycles. The molecule has 0 amide bonds. The van der Waals surface area contributed by atoms with Crippen LogP contribution in [-0.4, -0.2) is 225 Å². The zero-order valence-electron chi connectivity index (χ0n) is 66.1. The van der Waals surface area contributed by atoms with Gasteiger partial charge >= 0.3 is 57.5 Å². The van der Waals surface area contributed by atoms with E-state index in [4.69, 9.17) is 165 Å². The first-order valence-corrected chi connectivity index (χ1v) is 53.5. The van der Waals surface area contributed by atoms with Crippen LogP contribution in [0.15, 0.2) is 79.0 Å². The van der Waals surface area contributed by atoms with Crippen molar-refractivity contribution in [2.75, 3.05) is 63.1 Å². The van der Waals surface area contributed by atoms with Crippen molar-refractivity contribution in [3.8, 4) is 0 Å². The predicted octanol–water partition coefficient (Wildman–Crippen LogP) is 1.71. The normalized spacial score (nSPS) is 29.4. The van der Waals surface area contributed by atoms with E-state index >= 15 is 0 Å². The number of hydrogen-bond donors (Lipinski definition) is 13. The lowest BCUT2D eigenvalue weighted by atomic mass is 10.1. The van der Waals surface area contributed by atoms with Crippen LogP contribution in [0.5, 0.6) is 0 Å². The van der Waals surface area contributed by atoms with Gasteiger partial charge < -0.3 is 121 Å². The highest BCUT2D eigenvalue weighted by Gasteiger charge is 2.51. The average Bonchev–Trinajstić information content (AvgIpc) is 1.63.